The summed E-state index contributed by atoms with van der Waals surface area (Å²) in [4.78, 5) is 6.98. The van der Waals surface area contributed by atoms with Crippen molar-refractivity contribution in [3.63, 3.8) is 0 Å². The van der Waals surface area contributed by atoms with Crippen molar-refractivity contribution in [3.05, 3.63) is 23.9 Å². The average Bonchev–Trinajstić information content (AvgIpc) is 2.77. The fourth-order valence-corrected chi connectivity index (χ4v) is 2.63. The van der Waals surface area contributed by atoms with Crippen molar-refractivity contribution in [1.82, 2.24) is 9.88 Å². The molecule has 1 aliphatic rings. The van der Waals surface area contributed by atoms with E-state index >= 15 is 0 Å². The highest BCUT2D eigenvalue weighted by Gasteiger charge is 2.26. The van der Waals surface area contributed by atoms with Crippen LogP contribution in [-0.2, 0) is 0 Å². The lowest BCUT2D eigenvalue weighted by Crippen LogP contribution is -2.24. The first kappa shape index (κ1) is 11.4. The molecule has 88 valence electrons. The zero-order valence-electron chi connectivity index (χ0n) is 10.2. The summed E-state index contributed by atoms with van der Waals surface area (Å²) in [5, 5.41) is 3.20. The first-order valence-corrected chi connectivity index (χ1v) is 6.23. The molecule has 0 unspecified atom stereocenters. The third-order valence-electron chi connectivity index (χ3n) is 3.31. The van der Waals surface area contributed by atoms with E-state index in [4.69, 9.17) is 0 Å². The van der Waals surface area contributed by atoms with Gasteiger partial charge in [0.1, 0.15) is 5.82 Å². The van der Waals surface area contributed by atoms with Gasteiger partial charge in [0.15, 0.2) is 0 Å². The number of likely N-dealkylation sites (tertiary alicyclic amines) is 1. The van der Waals surface area contributed by atoms with Crippen LogP contribution in [0.2, 0.25) is 0 Å². The van der Waals surface area contributed by atoms with Crippen molar-refractivity contribution in [2.24, 2.45) is 0 Å². The van der Waals surface area contributed by atoms with Crippen molar-refractivity contribution < 1.29 is 0 Å². The molecule has 2 rings (SSSR count). The van der Waals surface area contributed by atoms with Crippen LogP contribution < -0.4 is 5.32 Å². The van der Waals surface area contributed by atoms with Gasteiger partial charge < -0.3 is 5.32 Å². The quantitative estimate of drug-likeness (QED) is 0.844. The SMILES string of the molecule is CCCN1CCC[C@H]1c1cccnc1NC. The molecule has 1 atom stereocenters. The summed E-state index contributed by atoms with van der Waals surface area (Å²) in [6, 6.07) is 4.81. The minimum Gasteiger partial charge on any atom is -0.373 e. The molecule has 3 heteroatoms. The van der Waals surface area contributed by atoms with Gasteiger partial charge in [-0.1, -0.05) is 13.0 Å². The van der Waals surface area contributed by atoms with E-state index in [2.05, 4.69) is 28.2 Å². The van der Waals surface area contributed by atoms with Crippen LogP contribution in [0.1, 0.15) is 37.8 Å². The number of hydrogen-bond donors (Lipinski definition) is 1. The van der Waals surface area contributed by atoms with Gasteiger partial charge in [0.2, 0.25) is 0 Å². The topological polar surface area (TPSA) is 28.2 Å². The Morgan fingerprint density at radius 3 is 3.19 bits per heavy atom. The van der Waals surface area contributed by atoms with E-state index in [-0.39, 0.29) is 0 Å². The maximum absolute atomic E-state index is 4.40. The molecule has 1 fully saturated rings. The number of nitrogens with zero attached hydrogens (tertiary/aromatic N) is 2. The first-order chi connectivity index (χ1) is 7.86. The molecule has 0 saturated carbocycles. The molecule has 1 saturated heterocycles. The highest BCUT2D eigenvalue weighted by Crippen LogP contribution is 2.34. The van der Waals surface area contributed by atoms with Crippen LogP contribution in [0, 0.1) is 0 Å². The van der Waals surface area contributed by atoms with E-state index in [0.717, 1.165) is 5.82 Å². The number of aromatic nitrogens is 1. The maximum Gasteiger partial charge on any atom is 0.130 e. The van der Waals surface area contributed by atoms with Gasteiger partial charge in [-0.3, -0.25) is 4.90 Å². The van der Waals surface area contributed by atoms with Crippen LogP contribution in [0.25, 0.3) is 0 Å². The summed E-state index contributed by atoms with van der Waals surface area (Å²) in [5.74, 6) is 1.04. The van der Waals surface area contributed by atoms with Crippen LogP contribution in [-0.4, -0.2) is 30.0 Å². The molecular formula is C13H21N3. The Labute approximate surface area is 97.9 Å². The van der Waals surface area contributed by atoms with Crippen LogP contribution in [0.3, 0.4) is 0 Å². The van der Waals surface area contributed by atoms with Crippen molar-refractivity contribution in [1.29, 1.82) is 0 Å². The third-order valence-corrected chi connectivity index (χ3v) is 3.31. The molecule has 1 N–H and O–H groups in total. The van der Waals surface area contributed by atoms with E-state index in [1.807, 2.05) is 19.3 Å². The molecule has 16 heavy (non-hydrogen) atoms. The summed E-state index contributed by atoms with van der Waals surface area (Å²) < 4.78 is 0. The largest absolute Gasteiger partial charge is 0.373 e. The lowest BCUT2D eigenvalue weighted by molar-refractivity contribution is 0.258. The number of nitrogens with one attached hydrogen (secondary N) is 1. The van der Waals surface area contributed by atoms with Gasteiger partial charge in [-0.15, -0.1) is 0 Å². The Morgan fingerprint density at radius 1 is 1.56 bits per heavy atom. The van der Waals surface area contributed by atoms with E-state index in [9.17, 15) is 0 Å². The van der Waals surface area contributed by atoms with E-state index in [1.165, 1.54) is 37.9 Å². The molecule has 0 radical (unpaired) electrons. The molecule has 3 nitrogen and oxygen atoms in total. The minimum absolute atomic E-state index is 0.566. The monoisotopic (exact) mass is 219 g/mol. The molecule has 1 aliphatic heterocycles. The van der Waals surface area contributed by atoms with Crippen LogP contribution in [0.5, 0.6) is 0 Å². The third kappa shape index (κ3) is 2.19. The molecule has 0 bridgehead atoms. The molecule has 0 aliphatic carbocycles. The maximum atomic E-state index is 4.40. The first-order valence-electron chi connectivity index (χ1n) is 6.23. The van der Waals surface area contributed by atoms with Crippen molar-refractivity contribution in [2.75, 3.05) is 25.5 Å². The van der Waals surface area contributed by atoms with Gasteiger partial charge >= 0.3 is 0 Å². The molecule has 0 aromatic carbocycles. The summed E-state index contributed by atoms with van der Waals surface area (Å²) in [6.07, 6.45) is 5.66. The molecule has 0 amide bonds. The lowest BCUT2D eigenvalue weighted by Gasteiger charge is -2.25. The second-order valence-electron chi connectivity index (χ2n) is 4.39. The second kappa shape index (κ2) is 5.30. The van der Waals surface area contributed by atoms with Crippen LogP contribution in [0.15, 0.2) is 18.3 Å². The predicted molar refractivity (Wildman–Crippen MR) is 67.6 cm³/mol. The van der Waals surface area contributed by atoms with Gasteiger partial charge in [-0.05, 0) is 38.4 Å². The molecular weight excluding hydrogens is 198 g/mol. The van der Waals surface area contributed by atoms with Crippen LogP contribution in [0.4, 0.5) is 5.82 Å². The Kier molecular flexibility index (Phi) is 3.78. The Hall–Kier alpha value is -1.09. The van der Waals surface area contributed by atoms with Gasteiger partial charge in [-0.2, -0.15) is 0 Å². The zero-order chi connectivity index (χ0) is 11.4. The Bertz CT molecular complexity index is 338. The Balaban J connectivity index is 2.21. The normalized spacial score (nSPS) is 21.2. The standard InChI is InChI=1S/C13H21N3/c1-3-9-16-10-5-7-12(16)11-6-4-8-15-13(11)14-2/h4,6,8,12H,3,5,7,9-10H2,1-2H3,(H,14,15)/t12-/m0/s1. The second-order valence-corrected chi connectivity index (χ2v) is 4.39. The van der Waals surface area contributed by atoms with Crippen molar-refractivity contribution >= 4 is 5.82 Å². The number of hydrogen-bond acceptors (Lipinski definition) is 3. The van der Waals surface area contributed by atoms with E-state index in [1.54, 1.807) is 0 Å². The van der Waals surface area contributed by atoms with Crippen molar-refractivity contribution in [2.45, 2.75) is 32.2 Å². The highest BCUT2D eigenvalue weighted by atomic mass is 15.2. The minimum atomic E-state index is 0.566. The fourth-order valence-electron chi connectivity index (χ4n) is 2.63. The number of anilines is 1. The summed E-state index contributed by atoms with van der Waals surface area (Å²) in [5.41, 5.74) is 1.36. The molecule has 1 aromatic rings. The van der Waals surface area contributed by atoms with E-state index < -0.39 is 0 Å². The van der Waals surface area contributed by atoms with Gasteiger partial charge in [-0.25, -0.2) is 4.98 Å². The van der Waals surface area contributed by atoms with E-state index in [0.29, 0.717) is 6.04 Å². The van der Waals surface area contributed by atoms with Gasteiger partial charge in [0, 0.05) is 24.8 Å². The number of rotatable bonds is 4. The fraction of sp³-hybridized carbons (Fsp3) is 0.615. The van der Waals surface area contributed by atoms with Crippen LogP contribution >= 0.6 is 0 Å². The van der Waals surface area contributed by atoms with Gasteiger partial charge in [0.25, 0.3) is 0 Å². The predicted octanol–water partition coefficient (Wildman–Crippen LogP) is 2.67. The molecule has 0 spiro atoms. The highest BCUT2D eigenvalue weighted by molar-refractivity contribution is 5.45. The smallest absolute Gasteiger partial charge is 0.130 e. The summed E-state index contributed by atoms with van der Waals surface area (Å²) in [6.45, 7) is 4.68. The van der Waals surface area contributed by atoms with Crippen molar-refractivity contribution in [3.8, 4) is 0 Å². The number of pyridine rings is 1. The summed E-state index contributed by atoms with van der Waals surface area (Å²) >= 11 is 0. The lowest BCUT2D eigenvalue weighted by atomic mass is 10.1. The molecule has 2 heterocycles. The van der Waals surface area contributed by atoms with Gasteiger partial charge in [0.05, 0.1) is 0 Å². The zero-order valence-corrected chi connectivity index (χ0v) is 10.2. The Morgan fingerprint density at radius 2 is 2.44 bits per heavy atom. The molecule has 1 aromatic heterocycles. The summed E-state index contributed by atoms with van der Waals surface area (Å²) in [7, 11) is 1.95. The average molecular weight is 219 g/mol.